The number of esters is 2. The van der Waals surface area contributed by atoms with Crippen LogP contribution in [0.25, 0.3) is 0 Å². The van der Waals surface area contributed by atoms with Crippen LogP contribution in [0.5, 0.6) is 11.5 Å². The molecule has 0 aromatic heterocycles. The number of methoxy groups -OCH3 is 1. The minimum Gasteiger partial charge on any atom is -0.493 e. The summed E-state index contributed by atoms with van der Waals surface area (Å²) in [5.74, 6) is -2.01. The molecule has 0 aliphatic carbocycles. The zero-order valence-corrected chi connectivity index (χ0v) is 9.97. The number of aldehydes is 1. The summed E-state index contributed by atoms with van der Waals surface area (Å²) in [4.78, 5) is 32.9. The van der Waals surface area contributed by atoms with E-state index >= 15 is 0 Å². The molecule has 0 fully saturated rings. The van der Waals surface area contributed by atoms with Gasteiger partial charge in [-0.05, 0) is 25.1 Å². The molecular formula is C12H12O6. The van der Waals surface area contributed by atoms with Crippen LogP contribution in [0.4, 0.5) is 0 Å². The summed E-state index contributed by atoms with van der Waals surface area (Å²) in [6.07, 6.45) is 0.624. The van der Waals surface area contributed by atoms with Crippen LogP contribution in [0.15, 0.2) is 18.2 Å². The predicted octanol–water partition coefficient (Wildman–Crippen LogP) is 0.976. The quantitative estimate of drug-likeness (QED) is 0.344. The van der Waals surface area contributed by atoms with Crippen molar-refractivity contribution in [3.63, 3.8) is 0 Å². The smallest absolute Gasteiger partial charge is 0.422 e. The van der Waals surface area contributed by atoms with Crippen LogP contribution in [0, 0.1) is 0 Å². The average molecular weight is 252 g/mol. The van der Waals surface area contributed by atoms with E-state index in [-0.39, 0.29) is 18.1 Å². The fourth-order valence-electron chi connectivity index (χ4n) is 1.17. The second-order valence-corrected chi connectivity index (χ2v) is 3.14. The molecule has 96 valence electrons. The maximum atomic E-state index is 11.3. The highest BCUT2D eigenvalue weighted by molar-refractivity contribution is 6.30. The fourth-order valence-corrected chi connectivity index (χ4v) is 1.17. The topological polar surface area (TPSA) is 78.9 Å². The predicted molar refractivity (Wildman–Crippen MR) is 60.6 cm³/mol. The van der Waals surface area contributed by atoms with E-state index < -0.39 is 11.9 Å². The van der Waals surface area contributed by atoms with Gasteiger partial charge in [0.1, 0.15) is 6.29 Å². The van der Waals surface area contributed by atoms with Crippen molar-refractivity contribution in [2.45, 2.75) is 6.92 Å². The van der Waals surface area contributed by atoms with Gasteiger partial charge in [-0.25, -0.2) is 9.59 Å². The molecule has 0 bridgehead atoms. The third-order valence-corrected chi connectivity index (χ3v) is 1.97. The van der Waals surface area contributed by atoms with Crippen LogP contribution in [0.3, 0.4) is 0 Å². The van der Waals surface area contributed by atoms with Gasteiger partial charge in [0.05, 0.1) is 13.7 Å². The van der Waals surface area contributed by atoms with E-state index in [0.29, 0.717) is 11.8 Å². The second-order valence-electron chi connectivity index (χ2n) is 3.14. The first-order valence-corrected chi connectivity index (χ1v) is 5.14. The molecule has 18 heavy (non-hydrogen) atoms. The fraction of sp³-hybridized carbons (Fsp3) is 0.250. The second kappa shape index (κ2) is 6.39. The Labute approximate surface area is 103 Å². The normalized spacial score (nSPS) is 9.44. The van der Waals surface area contributed by atoms with Gasteiger partial charge >= 0.3 is 11.9 Å². The Balaban J connectivity index is 2.87. The van der Waals surface area contributed by atoms with E-state index in [4.69, 9.17) is 9.47 Å². The molecule has 0 saturated carbocycles. The molecule has 0 aliphatic rings. The van der Waals surface area contributed by atoms with Crippen molar-refractivity contribution in [2.24, 2.45) is 0 Å². The summed E-state index contributed by atoms with van der Waals surface area (Å²) in [5.41, 5.74) is 0.364. The molecule has 0 heterocycles. The third-order valence-electron chi connectivity index (χ3n) is 1.97. The van der Waals surface area contributed by atoms with E-state index in [1.54, 1.807) is 6.92 Å². The largest absolute Gasteiger partial charge is 0.493 e. The molecule has 1 rings (SSSR count). The summed E-state index contributed by atoms with van der Waals surface area (Å²) in [6.45, 7) is 1.65. The monoisotopic (exact) mass is 252 g/mol. The van der Waals surface area contributed by atoms with Gasteiger partial charge in [-0.1, -0.05) is 0 Å². The first-order chi connectivity index (χ1) is 8.62. The molecule has 0 atom stereocenters. The molecule has 0 N–H and O–H groups in total. The summed E-state index contributed by atoms with van der Waals surface area (Å²) in [7, 11) is 1.35. The number of carbonyl (C=O) groups excluding carboxylic acids is 3. The van der Waals surface area contributed by atoms with Gasteiger partial charge in [-0.15, -0.1) is 0 Å². The SMILES string of the molecule is CCOC(=O)C(=O)Oc1ccc(C=O)cc1OC. The Morgan fingerprint density at radius 1 is 1.22 bits per heavy atom. The summed E-state index contributed by atoms with van der Waals surface area (Å²) in [5, 5.41) is 0. The van der Waals surface area contributed by atoms with Crippen LogP contribution in [0.1, 0.15) is 17.3 Å². The van der Waals surface area contributed by atoms with E-state index in [9.17, 15) is 14.4 Å². The summed E-state index contributed by atoms with van der Waals surface area (Å²) >= 11 is 0. The lowest BCUT2D eigenvalue weighted by Crippen LogP contribution is -2.23. The number of benzene rings is 1. The van der Waals surface area contributed by atoms with Gasteiger partial charge in [-0.3, -0.25) is 4.79 Å². The highest BCUT2D eigenvalue weighted by Gasteiger charge is 2.19. The van der Waals surface area contributed by atoms with Gasteiger partial charge in [0.25, 0.3) is 0 Å². The molecule has 0 aliphatic heterocycles. The minimum absolute atomic E-state index is 0.0427. The van der Waals surface area contributed by atoms with Crippen LogP contribution in [0.2, 0.25) is 0 Å². The van der Waals surface area contributed by atoms with Gasteiger partial charge in [0, 0.05) is 5.56 Å². The molecular weight excluding hydrogens is 240 g/mol. The van der Waals surface area contributed by atoms with Crippen molar-refractivity contribution in [1.29, 1.82) is 0 Å². The molecule has 6 heteroatoms. The van der Waals surface area contributed by atoms with E-state index in [1.165, 1.54) is 25.3 Å². The van der Waals surface area contributed by atoms with Gasteiger partial charge < -0.3 is 14.2 Å². The van der Waals surface area contributed by atoms with Crippen molar-refractivity contribution >= 4 is 18.2 Å². The lowest BCUT2D eigenvalue weighted by molar-refractivity contribution is -0.161. The number of carbonyl (C=O) groups is 3. The first-order valence-electron chi connectivity index (χ1n) is 5.14. The molecule has 0 saturated heterocycles. The van der Waals surface area contributed by atoms with E-state index in [0.717, 1.165) is 0 Å². The van der Waals surface area contributed by atoms with Gasteiger partial charge in [0.2, 0.25) is 0 Å². The van der Waals surface area contributed by atoms with E-state index in [1.807, 2.05) is 0 Å². The zero-order valence-electron chi connectivity index (χ0n) is 9.97. The zero-order chi connectivity index (χ0) is 13.5. The molecule has 0 spiro atoms. The molecule has 1 aromatic rings. The van der Waals surface area contributed by atoms with Crippen molar-refractivity contribution in [2.75, 3.05) is 13.7 Å². The van der Waals surface area contributed by atoms with Crippen LogP contribution >= 0.6 is 0 Å². The Bertz CT molecular complexity index is 466. The summed E-state index contributed by atoms with van der Waals surface area (Å²) in [6, 6.07) is 4.18. The van der Waals surface area contributed by atoms with Crippen molar-refractivity contribution in [3.05, 3.63) is 23.8 Å². The average Bonchev–Trinajstić information content (AvgIpc) is 2.39. The third kappa shape index (κ3) is 3.31. The molecule has 0 unspecified atom stereocenters. The lowest BCUT2D eigenvalue weighted by atomic mass is 10.2. The summed E-state index contributed by atoms with van der Waals surface area (Å²) < 4.78 is 14.2. The van der Waals surface area contributed by atoms with Crippen LogP contribution in [-0.4, -0.2) is 31.9 Å². The molecule has 1 aromatic carbocycles. The van der Waals surface area contributed by atoms with Crippen LogP contribution < -0.4 is 9.47 Å². The minimum atomic E-state index is -1.14. The Hall–Kier alpha value is -2.37. The van der Waals surface area contributed by atoms with E-state index in [2.05, 4.69) is 4.74 Å². The highest BCUT2D eigenvalue weighted by Crippen LogP contribution is 2.27. The van der Waals surface area contributed by atoms with Crippen molar-refractivity contribution in [3.8, 4) is 11.5 Å². The maximum Gasteiger partial charge on any atom is 0.422 e. The number of ether oxygens (including phenoxy) is 3. The van der Waals surface area contributed by atoms with Crippen molar-refractivity contribution in [1.82, 2.24) is 0 Å². The Morgan fingerprint density at radius 2 is 1.94 bits per heavy atom. The van der Waals surface area contributed by atoms with Crippen molar-refractivity contribution < 1.29 is 28.6 Å². The number of rotatable bonds is 4. The standard InChI is InChI=1S/C12H12O6/c1-3-17-11(14)12(15)18-9-5-4-8(7-13)6-10(9)16-2/h4-7H,3H2,1-2H3. The Morgan fingerprint density at radius 3 is 2.50 bits per heavy atom. The first kappa shape index (κ1) is 13.7. The van der Waals surface area contributed by atoms with Gasteiger partial charge in [0.15, 0.2) is 11.5 Å². The molecule has 0 amide bonds. The molecule has 0 radical (unpaired) electrons. The molecule has 6 nitrogen and oxygen atoms in total. The lowest BCUT2D eigenvalue weighted by Gasteiger charge is -2.08. The van der Waals surface area contributed by atoms with Gasteiger partial charge in [-0.2, -0.15) is 0 Å². The number of hydrogen-bond acceptors (Lipinski definition) is 6. The van der Waals surface area contributed by atoms with Crippen LogP contribution in [-0.2, 0) is 14.3 Å². The number of hydrogen-bond donors (Lipinski definition) is 0. The highest BCUT2D eigenvalue weighted by atomic mass is 16.6. The Kier molecular flexibility index (Phi) is 4.86. The maximum absolute atomic E-state index is 11.3.